The van der Waals surface area contributed by atoms with Crippen LogP contribution in [0.2, 0.25) is 0 Å². The lowest BCUT2D eigenvalue weighted by Gasteiger charge is -2.12. The summed E-state index contributed by atoms with van der Waals surface area (Å²) in [4.78, 5) is 5.67. The van der Waals surface area contributed by atoms with Gasteiger partial charge in [-0.25, -0.2) is 8.78 Å². The molecule has 1 aliphatic carbocycles. The first-order chi connectivity index (χ1) is 7.54. The molecule has 0 aromatic rings. The molecule has 0 aromatic carbocycles. The summed E-state index contributed by atoms with van der Waals surface area (Å²) in [5.41, 5.74) is -1.27. The Labute approximate surface area is 94.7 Å². The van der Waals surface area contributed by atoms with Gasteiger partial charge in [0.1, 0.15) is 10.7 Å². The lowest BCUT2D eigenvalue weighted by Crippen LogP contribution is -2.17. The highest BCUT2D eigenvalue weighted by molar-refractivity contribution is 6.50. The van der Waals surface area contributed by atoms with E-state index in [4.69, 9.17) is 23.4 Å². The minimum absolute atomic E-state index is 0.216. The Balaban J connectivity index is 3.52. The molecule has 0 fully saturated rings. The lowest BCUT2D eigenvalue weighted by atomic mass is 10.0. The third kappa shape index (κ3) is 1.83. The summed E-state index contributed by atoms with van der Waals surface area (Å²) in [6, 6.07) is 0. The molecule has 0 N–H and O–H groups in total. The van der Waals surface area contributed by atoms with Gasteiger partial charge in [-0.05, 0) is 6.92 Å². The Bertz CT molecular complexity index is 465. The van der Waals surface area contributed by atoms with Crippen LogP contribution in [0, 0.1) is 18.0 Å². The average Bonchev–Trinajstić information content (AvgIpc) is 2.28. The van der Waals surface area contributed by atoms with E-state index in [0.29, 0.717) is 0 Å². The summed E-state index contributed by atoms with van der Waals surface area (Å²) < 4.78 is 27.1. The zero-order chi connectivity index (χ0) is 12.3. The van der Waals surface area contributed by atoms with Crippen LogP contribution < -0.4 is 0 Å². The molecule has 80 valence electrons. The Morgan fingerprint density at radius 1 is 1.38 bits per heavy atom. The van der Waals surface area contributed by atoms with E-state index in [2.05, 4.69) is 15.0 Å². The van der Waals surface area contributed by atoms with Crippen molar-refractivity contribution in [3.8, 4) is 6.19 Å². The molecule has 1 aliphatic rings. The van der Waals surface area contributed by atoms with Gasteiger partial charge in [-0.1, -0.05) is 11.6 Å². The Morgan fingerprint density at radius 2 is 2.00 bits per heavy atom. The average molecular weight is 241 g/mol. The Morgan fingerprint density at radius 3 is 2.50 bits per heavy atom. The number of allylic oxidation sites excluding steroid dienone is 4. The van der Waals surface area contributed by atoms with E-state index in [1.807, 2.05) is 0 Å². The van der Waals surface area contributed by atoms with Gasteiger partial charge in [0.2, 0.25) is 6.19 Å². The van der Waals surface area contributed by atoms with Crippen LogP contribution >= 0.6 is 11.6 Å². The van der Waals surface area contributed by atoms with Crippen LogP contribution in [0.4, 0.5) is 8.78 Å². The second-order valence-electron chi connectivity index (χ2n) is 2.68. The molecule has 7 heteroatoms. The monoisotopic (exact) mass is 240 g/mol. The standard InChI is InChI=1S/C9H3ClF2N4/c1-4-6(11)9(15-3-13)5(10)7(12)8(4)16-14-2/h1H3/b15-9?,16-8-. The quantitative estimate of drug-likeness (QED) is 0.278. The van der Waals surface area contributed by atoms with Gasteiger partial charge in [0.15, 0.2) is 17.4 Å². The molecule has 0 aliphatic heterocycles. The predicted molar refractivity (Wildman–Crippen MR) is 54.9 cm³/mol. The maximum atomic E-state index is 13.6. The fourth-order valence-corrected chi connectivity index (χ4v) is 1.28. The summed E-state index contributed by atoms with van der Waals surface area (Å²) >= 11 is 5.47. The van der Waals surface area contributed by atoms with E-state index in [0.717, 1.165) is 0 Å². The third-order valence-electron chi connectivity index (χ3n) is 1.81. The van der Waals surface area contributed by atoms with E-state index >= 15 is 0 Å². The van der Waals surface area contributed by atoms with Gasteiger partial charge in [0.05, 0.1) is 5.10 Å². The highest BCUT2D eigenvalue weighted by Gasteiger charge is 2.31. The Kier molecular flexibility index (Phi) is 3.49. The molecule has 4 nitrogen and oxygen atoms in total. The maximum Gasteiger partial charge on any atom is 0.206 e. The van der Waals surface area contributed by atoms with Crippen LogP contribution in [-0.2, 0) is 0 Å². The molecule has 0 heterocycles. The van der Waals surface area contributed by atoms with Crippen molar-refractivity contribution in [2.45, 2.75) is 6.92 Å². The van der Waals surface area contributed by atoms with E-state index in [1.165, 1.54) is 13.1 Å². The van der Waals surface area contributed by atoms with Crippen molar-refractivity contribution >= 4 is 23.0 Å². The number of nitrogens with zero attached hydrogens (tertiary/aromatic N) is 4. The lowest BCUT2D eigenvalue weighted by molar-refractivity contribution is 0.653. The molecule has 0 saturated heterocycles. The van der Waals surface area contributed by atoms with E-state index in [9.17, 15) is 8.78 Å². The summed E-state index contributed by atoms with van der Waals surface area (Å²) in [7, 11) is 0. The molecule has 0 aromatic heterocycles. The first kappa shape index (κ1) is 12.0. The van der Waals surface area contributed by atoms with Gasteiger partial charge >= 0.3 is 0 Å². The Hall–Kier alpha value is -2.05. The molecule has 0 bridgehead atoms. The van der Waals surface area contributed by atoms with Crippen LogP contribution in [0.1, 0.15) is 6.92 Å². The van der Waals surface area contributed by atoms with Crippen molar-refractivity contribution < 1.29 is 8.78 Å². The highest BCUT2D eigenvalue weighted by atomic mass is 35.5. The molecule has 1 rings (SSSR count). The molecular formula is C9H3ClF2N4. The number of rotatable bonds is 0. The maximum absolute atomic E-state index is 13.6. The largest absolute Gasteiger partial charge is 0.206 e. The molecule has 0 unspecified atom stereocenters. The first-order valence-corrected chi connectivity index (χ1v) is 4.26. The molecule has 0 saturated carbocycles. The van der Waals surface area contributed by atoms with Crippen molar-refractivity contribution in [3.05, 3.63) is 33.8 Å². The van der Waals surface area contributed by atoms with Gasteiger partial charge in [0, 0.05) is 5.57 Å². The topological polar surface area (TPSA) is 52.9 Å². The number of aliphatic imine (C=N–C) groups is 1. The van der Waals surface area contributed by atoms with Gasteiger partial charge in [-0.15, -0.1) is 4.95 Å². The SMILES string of the molecule is [C-]#[N+]/N=C1/C(C)=C(F)C(=NC#N)C(Cl)=C1F. The van der Waals surface area contributed by atoms with Crippen molar-refractivity contribution in [3.63, 3.8) is 0 Å². The van der Waals surface area contributed by atoms with Gasteiger partial charge in [0.25, 0.3) is 0 Å². The van der Waals surface area contributed by atoms with Crippen LogP contribution in [0.3, 0.4) is 0 Å². The first-order valence-electron chi connectivity index (χ1n) is 3.88. The highest BCUT2D eigenvalue weighted by Crippen LogP contribution is 2.30. The van der Waals surface area contributed by atoms with Gasteiger partial charge < -0.3 is 0 Å². The normalized spacial score (nSPS) is 21.4. The fraction of sp³-hybridized carbons (Fsp3) is 0.111. The van der Waals surface area contributed by atoms with E-state index < -0.39 is 28.1 Å². The number of nitriles is 1. The van der Waals surface area contributed by atoms with Crippen LogP contribution in [-0.4, -0.2) is 11.4 Å². The third-order valence-corrected chi connectivity index (χ3v) is 2.16. The molecular weight excluding hydrogens is 238 g/mol. The van der Waals surface area contributed by atoms with Crippen molar-refractivity contribution in [1.82, 2.24) is 0 Å². The van der Waals surface area contributed by atoms with Gasteiger partial charge in [-0.2, -0.15) is 16.8 Å². The second-order valence-corrected chi connectivity index (χ2v) is 3.05. The number of halogens is 3. The number of hydrogen-bond acceptors (Lipinski definition) is 3. The molecule has 0 atom stereocenters. The molecule has 0 amide bonds. The predicted octanol–water partition coefficient (Wildman–Crippen LogP) is 2.86. The van der Waals surface area contributed by atoms with Crippen molar-refractivity contribution in [1.29, 1.82) is 5.26 Å². The summed E-state index contributed by atoms with van der Waals surface area (Å²) in [5, 5.41) is 10.7. The second kappa shape index (κ2) is 4.65. The van der Waals surface area contributed by atoms with Gasteiger partial charge in [-0.3, -0.25) is 0 Å². The molecule has 0 spiro atoms. The van der Waals surface area contributed by atoms with Crippen LogP contribution in [0.25, 0.3) is 4.95 Å². The summed E-state index contributed by atoms with van der Waals surface area (Å²) in [5.74, 6) is -2.03. The minimum Gasteiger partial charge on any atom is -0.204 e. The van der Waals surface area contributed by atoms with E-state index in [1.54, 1.807) is 0 Å². The van der Waals surface area contributed by atoms with Crippen molar-refractivity contribution in [2.24, 2.45) is 10.1 Å². The zero-order valence-corrected chi connectivity index (χ0v) is 8.68. The minimum atomic E-state index is -1.06. The molecule has 0 radical (unpaired) electrons. The van der Waals surface area contributed by atoms with E-state index in [-0.39, 0.29) is 5.57 Å². The zero-order valence-electron chi connectivity index (χ0n) is 7.92. The molecule has 16 heavy (non-hydrogen) atoms. The number of hydrogen-bond donors (Lipinski definition) is 0. The summed E-state index contributed by atoms with van der Waals surface area (Å²) in [6.07, 6.45) is 1.31. The summed E-state index contributed by atoms with van der Waals surface area (Å²) in [6.45, 7) is 7.68. The van der Waals surface area contributed by atoms with Crippen molar-refractivity contribution in [2.75, 3.05) is 0 Å². The fourth-order valence-electron chi connectivity index (χ4n) is 1.07. The smallest absolute Gasteiger partial charge is 0.204 e. The van der Waals surface area contributed by atoms with Crippen LogP contribution in [0.15, 0.2) is 32.4 Å². The van der Waals surface area contributed by atoms with Crippen LogP contribution in [0.5, 0.6) is 0 Å².